The van der Waals surface area contributed by atoms with E-state index >= 15 is 0 Å². The smallest absolute Gasteiger partial charge is 0.268 e. The van der Waals surface area contributed by atoms with Gasteiger partial charge in [-0.05, 0) is 35.6 Å². The fourth-order valence-corrected chi connectivity index (χ4v) is 2.82. The van der Waals surface area contributed by atoms with Crippen LogP contribution in [-0.2, 0) is 13.1 Å². The Kier molecular flexibility index (Phi) is 4.93. The molecule has 0 saturated carbocycles. The van der Waals surface area contributed by atoms with Crippen LogP contribution < -0.4 is 10.9 Å². The van der Waals surface area contributed by atoms with Gasteiger partial charge in [-0.1, -0.05) is 43.3 Å². The molecule has 128 valence electrons. The molecule has 5 heteroatoms. The fourth-order valence-electron chi connectivity index (χ4n) is 2.82. The van der Waals surface area contributed by atoms with Crippen molar-refractivity contribution in [3.05, 3.63) is 82.0 Å². The lowest BCUT2D eigenvalue weighted by Gasteiger charge is -2.14. The standard InChI is InChI=1S/C20H19FN2O2/c1-2-10-23-18(19(24)22-13-14-6-4-3-5-7-14)11-15-8-9-16(21)12-17(15)20(23)25/h3-9,11-12H,2,10,13H2,1H3,(H,22,24). The van der Waals surface area contributed by atoms with Crippen LogP contribution in [0.15, 0.2) is 59.4 Å². The predicted octanol–water partition coefficient (Wildman–Crippen LogP) is 3.48. The highest BCUT2D eigenvalue weighted by Gasteiger charge is 2.15. The number of fused-ring (bicyclic) bond motifs is 1. The third-order valence-electron chi connectivity index (χ3n) is 4.05. The highest BCUT2D eigenvalue weighted by molar-refractivity contribution is 5.96. The monoisotopic (exact) mass is 338 g/mol. The number of carbonyl (C=O) groups is 1. The second kappa shape index (κ2) is 7.30. The Bertz CT molecular complexity index is 965. The van der Waals surface area contributed by atoms with Crippen LogP contribution in [0.4, 0.5) is 4.39 Å². The summed E-state index contributed by atoms with van der Waals surface area (Å²) in [7, 11) is 0. The van der Waals surface area contributed by atoms with Crippen LogP contribution in [0.3, 0.4) is 0 Å². The zero-order valence-electron chi connectivity index (χ0n) is 14.0. The summed E-state index contributed by atoms with van der Waals surface area (Å²) < 4.78 is 14.9. The molecule has 0 bridgehead atoms. The molecule has 1 heterocycles. The molecule has 4 nitrogen and oxygen atoms in total. The molecule has 0 aliphatic carbocycles. The summed E-state index contributed by atoms with van der Waals surface area (Å²) in [5.41, 5.74) is 0.925. The molecule has 3 rings (SSSR count). The summed E-state index contributed by atoms with van der Waals surface area (Å²) in [6, 6.07) is 15.2. The Morgan fingerprint density at radius 2 is 1.88 bits per heavy atom. The molecule has 0 fully saturated rings. The van der Waals surface area contributed by atoms with E-state index in [0.717, 1.165) is 5.56 Å². The van der Waals surface area contributed by atoms with Crippen molar-refractivity contribution >= 4 is 16.7 Å². The molecule has 3 aromatic rings. The number of nitrogens with zero attached hydrogens (tertiary/aromatic N) is 1. The van der Waals surface area contributed by atoms with E-state index in [4.69, 9.17) is 0 Å². The summed E-state index contributed by atoms with van der Waals surface area (Å²) in [4.78, 5) is 25.3. The second-order valence-electron chi connectivity index (χ2n) is 5.89. The van der Waals surface area contributed by atoms with Crippen LogP contribution in [0.1, 0.15) is 29.4 Å². The molecular weight excluding hydrogens is 319 g/mol. The minimum absolute atomic E-state index is 0.285. The molecule has 1 N–H and O–H groups in total. The van der Waals surface area contributed by atoms with Gasteiger partial charge >= 0.3 is 0 Å². The fraction of sp³-hybridized carbons (Fsp3) is 0.200. The van der Waals surface area contributed by atoms with Crippen molar-refractivity contribution in [2.75, 3.05) is 0 Å². The van der Waals surface area contributed by atoms with Crippen LogP contribution in [-0.4, -0.2) is 10.5 Å². The summed E-state index contributed by atoms with van der Waals surface area (Å²) in [5, 5.41) is 3.69. The normalized spacial score (nSPS) is 10.8. The quantitative estimate of drug-likeness (QED) is 0.774. The van der Waals surface area contributed by atoms with E-state index in [9.17, 15) is 14.0 Å². The maximum atomic E-state index is 13.5. The van der Waals surface area contributed by atoms with Gasteiger partial charge in [-0.2, -0.15) is 0 Å². The lowest BCUT2D eigenvalue weighted by molar-refractivity contribution is 0.0940. The van der Waals surface area contributed by atoms with Gasteiger partial charge in [-0.3, -0.25) is 9.59 Å². The van der Waals surface area contributed by atoms with E-state index in [2.05, 4.69) is 5.32 Å². The summed E-state index contributed by atoms with van der Waals surface area (Å²) >= 11 is 0. The van der Waals surface area contributed by atoms with Crippen molar-refractivity contribution in [1.29, 1.82) is 0 Å². The molecule has 0 saturated heterocycles. The number of nitrogens with one attached hydrogen (secondary N) is 1. The molecule has 25 heavy (non-hydrogen) atoms. The van der Waals surface area contributed by atoms with Crippen LogP contribution in [0.25, 0.3) is 10.8 Å². The first-order chi connectivity index (χ1) is 12.1. The van der Waals surface area contributed by atoms with Crippen LogP contribution >= 0.6 is 0 Å². The molecule has 0 unspecified atom stereocenters. The number of carbonyl (C=O) groups excluding carboxylic acids is 1. The van der Waals surface area contributed by atoms with Crippen molar-refractivity contribution in [3.8, 4) is 0 Å². The number of amides is 1. The van der Waals surface area contributed by atoms with E-state index in [1.54, 1.807) is 6.07 Å². The maximum absolute atomic E-state index is 13.5. The van der Waals surface area contributed by atoms with Gasteiger partial charge in [0.25, 0.3) is 11.5 Å². The van der Waals surface area contributed by atoms with Gasteiger partial charge < -0.3 is 9.88 Å². The third-order valence-corrected chi connectivity index (χ3v) is 4.05. The first-order valence-corrected chi connectivity index (χ1v) is 8.25. The minimum Gasteiger partial charge on any atom is -0.347 e. The largest absolute Gasteiger partial charge is 0.347 e. The van der Waals surface area contributed by atoms with Crippen molar-refractivity contribution in [1.82, 2.24) is 9.88 Å². The highest BCUT2D eigenvalue weighted by atomic mass is 19.1. The SMILES string of the molecule is CCCn1c(C(=O)NCc2ccccc2)cc2ccc(F)cc2c1=O. The lowest BCUT2D eigenvalue weighted by atomic mass is 10.1. The van der Waals surface area contributed by atoms with E-state index in [1.165, 1.54) is 22.8 Å². The molecule has 0 aliphatic rings. The number of pyridine rings is 1. The van der Waals surface area contributed by atoms with Crippen LogP contribution in [0.2, 0.25) is 0 Å². The lowest BCUT2D eigenvalue weighted by Crippen LogP contribution is -2.32. The molecule has 1 amide bonds. The average Bonchev–Trinajstić information content (AvgIpc) is 2.63. The Morgan fingerprint density at radius 1 is 1.12 bits per heavy atom. The van der Waals surface area contributed by atoms with Crippen molar-refractivity contribution in [2.45, 2.75) is 26.4 Å². The van der Waals surface area contributed by atoms with Crippen molar-refractivity contribution in [2.24, 2.45) is 0 Å². The van der Waals surface area contributed by atoms with Gasteiger partial charge in [0.1, 0.15) is 11.5 Å². The molecular formula is C20H19FN2O2. The van der Waals surface area contributed by atoms with Gasteiger partial charge in [0.2, 0.25) is 0 Å². The molecule has 0 radical (unpaired) electrons. The summed E-state index contributed by atoms with van der Waals surface area (Å²) in [5.74, 6) is -0.783. The number of hydrogen-bond acceptors (Lipinski definition) is 2. The third kappa shape index (κ3) is 3.60. The highest BCUT2D eigenvalue weighted by Crippen LogP contribution is 2.15. The number of benzene rings is 2. The van der Waals surface area contributed by atoms with Gasteiger partial charge in [0.15, 0.2) is 0 Å². The van der Waals surface area contributed by atoms with Crippen molar-refractivity contribution in [3.63, 3.8) is 0 Å². The summed E-state index contributed by atoms with van der Waals surface area (Å²) in [6.45, 7) is 2.70. The van der Waals surface area contributed by atoms with Gasteiger partial charge in [-0.15, -0.1) is 0 Å². The van der Waals surface area contributed by atoms with Crippen LogP contribution in [0.5, 0.6) is 0 Å². The second-order valence-corrected chi connectivity index (χ2v) is 5.89. The van der Waals surface area contributed by atoms with Crippen LogP contribution in [0, 0.1) is 5.82 Å². The van der Waals surface area contributed by atoms with Gasteiger partial charge in [0.05, 0.1) is 5.39 Å². The molecule has 1 aromatic heterocycles. The average molecular weight is 338 g/mol. The van der Waals surface area contributed by atoms with E-state index in [0.29, 0.717) is 30.6 Å². The molecule has 0 spiro atoms. The Morgan fingerprint density at radius 3 is 2.60 bits per heavy atom. The first kappa shape index (κ1) is 16.9. The minimum atomic E-state index is -0.464. The molecule has 0 atom stereocenters. The topological polar surface area (TPSA) is 51.1 Å². The molecule has 0 aliphatic heterocycles. The van der Waals surface area contributed by atoms with Gasteiger partial charge in [-0.25, -0.2) is 4.39 Å². The molecule has 2 aromatic carbocycles. The summed E-state index contributed by atoms with van der Waals surface area (Å²) in [6.07, 6.45) is 0.694. The zero-order chi connectivity index (χ0) is 17.8. The van der Waals surface area contributed by atoms with Crippen molar-refractivity contribution < 1.29 is 9.18 Å². The predicted molar refractivity (Wildman–Crippen MR) is 96.1 cm³/mol. The Balaban J connectivity index is 1.98. The van der Waals surface area contributed by atoms with E-state index < -0.39 is 5.82 Å². The maximum Gasteiger partial charge on any atom is 0.268 e. The Hall–Kier alpha value is -2.95. The number of rotatable bonds is 5. The first-order valence-electron chi connectivity index (χ1n) is 8.25. The number of halogens is 1. The number of aromatic nitrogens is 1. The Labute approximate surface area is 144 Å². The zero-order valence-corrected chi connectivity index (χ0v) is 14.0. The number of hydrogen-bond donors (Lipinski definition) is 1. The van der Waals surface area contributed by atoms with E-state index in [-0.39, 0.29) is 16.9 Å². The van der Waals surface area contributed by atoms with E-state index in [1.807, 2.05) is 37.3 Å². The van der Waals surface area contributed by atoms with Gasteiger partial charge in [0, 0.05) is 13.1 Å².